The lowest BCUT2D eigenvalue weighted by Gasteiger charge is -2.41. The number of carbonyl (C=O) groups excluding carboxylic acids is 3. The number of halogens is 1. The van der Waals surface area contributed by atoms with E-state index in [1.165, 1.54) is 6.07 Å². The number of carbonyl (C=O) groups is 3. The fraction of sp³-hybridized carbons (Fsp3) is 0.545. The molecule has 30 heavy (non-hydrogen) atoms. The zero-order chi connectivity index (χ0) is 21.6. The molecule has 7 nitrogen and oxygen atoms in total. The molecule has 0 aliphatic carbocycles. The van der Waals surface area contributed by atoms with Gasteiger partial charge in [-0.3, -0.25) is 14.4 Å². The highest BCUT2D eigenvalue weighted by Gasteiger charge is 2.45. The van der Waals surface area contributed by atoms with Gasteiger partial charge in [0.1, 0.15) is 5.82 Å². The number of hydrogen-bond acceptors (Lipinski definition) is 5. The summed E-state index contributed by atoms with van der Waals surface area (Å²) in [4.78, 5) is 38.6. The maximum Gasteiger partial charge on any atom is 0.314 e. The second-order valence-corrected chi connectivity index (χ2v) is 7.90. The Hall–Kier alpha value is -2.77. The fourth-order valence-electron chi connectivity index (χ4n) is 4.12. The molecule has 0 saturated carbocycles. The number of nitrogens with zero attached hydrogens (tertiary/aromatic N) is 2. The number of likely N-dealkylation sites (tertiary alicyclic amines) is 1. The zero-order valence-corrected chi connectivity index (χ0v) is 17.3. The minimum atomic E-state index is -0.956. The standard InChI is InChI=1S/C22H28FN3O4/c1-2-30-21(29)22(14-16-6-3-4-7-18(16)23)12-5-13-26(15-22)20(28)11-9-17-8-10-19(27)25-24-17/h3-4,6-7H,2,5,8-15H2,1H3,(H,25,27)/t22-/m0/s1. The number of amides is 2. The first kappa shape index (κ1) is 21.9. The van der Waals surface area contributed by atoms with Crippen molar-refractivity contribution in [3.8, 4) is 0 Å². The van der Waals surface area contributed by atoms with Crippen molar-refractivity contribution in [1.82, 2.24) is 10.3 Å². The second kappa shape index (κ2) is 9.82. The van der Waals surface area contributed by atoms with Crippen LogP contribution in [0.5, 0.6) is 0 Å². The molecule has 0 radical (unpaired) electrons. The van der Waals surface area contributed by atoms with Gasteiger partial charge in [0.05, 0.1) is 12.0 Å². The molecule has 2 amide bonds. The fourth-order valence-corrected chi connectivity index (χ4v) is 4.12. The van der Waals surface area contributed by atoms with Gasteiger partial charge in [-0.15, -0.1) is 0 Å². The van der Waals surface area contributed by atoms with Crippen LogP contribution in [0.2, 0.25) is 0 Å². The van der Waals surface area contributed by atoms with Crippen molar-refractivity contribution in [2.24, 2.45) is 10.5 Å². The van der Waals surface area contributed by atoms with Crippen LogP contribution in [-0.4, -0.2) is 48.1 Å². The number of esters is 1. The van der Waals surface area contributed by atoms with Crippen LogP contribution in [0.25, 0.3) is 0 Å². The molecule has 3 rings (SSSR count). The molecule has 8 heteroatoms. The van der Waals surface area contributed by atoms with E-state index in [-0.39, 0.29) is 49.6 Å². The Labute approximate surface area is 175 Å². The summed E-state index contributed by atoms with van der Waals surface area (Å²) in [5.74, 6) is -0.933. The van der Waals surface area contributed by atoms with Crippen LogP contribution in [0.15, 0.2) is 29.4 Å². The minimum absolute atomic E-state index is 0.0727. The van der Waals surface area contributed by atoms with Gasteiger partial charge in [-0.05, 0) is 50.7 Å². The lowest BCUT2D eigenvalue weighted by molar-refractivity contribution is -0.160. The van der Waals surface area contributed by atoms with E-state index >= 15 is 0 Å². The van der Waals surface area contributed by atoms with E-state index in [9.17, 15) is 18.8 Å². The molecule has 1 aromatic carbocycles. The summed E-state index contributed by atoms with van der Waals surface area (Å²) in [5, 5.41) is 4.00. The summed E-state index contributed by atoms with van der Waals surface area (Å²) in [7, 11) is 0. The molecular formula is C22H28FN3O4. The van der Waals surface area contributed by atoms with Crippen LogP contribution in [-0.2, 0) is 25.5 Å². The number of benzene rings is 1. The van der Waals surface area contributed by atoms with Gasteiger partial charge in [-0.2, -0.15) is 5.10 Å². The van der Waals surface area contributed by atoms with Crippen molar-refractivity contribution in [3.05, 3.63) is 35.6 Å². The molecule has 2 aliphatic rings. The SMILES string of the molecule is CCOC(=O)[C@]1(Cc2ccccc2F)CCCN(C(=O)CCC2=NNC(=O)CC2)C1. The number of ether oxygens (including phenoxy) is 1. The monoisotopic (exact) mass is 417 g/mol. The Bertz CT molecular complexity index is 841. The normalized spacial score (nSPS) is 21.6. The Kier molecular flexibility index (Phi) is 7.18. The maximum absolute atomic E-state index is 14.3. The Morgan fingerprint density at radius 3 is 2.80 bits per heavy atom. The molecule has 2 aliphatic heterocycles. The van der Waals surface area contributed by atoms with Gasteiger partial charge in [-0.25, -0.2) is 9.82 Å². The third-order valence-corrected chi connectivity index (χ3v) is 5.73. The highest BCUT2D eigenvalue weighted by Crippen LogP contribution is 2.36. The summed E-state index contributed by atoms with van der Waals surface area (Å²) < 4.78 is 19.6. The van der Waals surface area contributed by atoms with Crippen molar-refractivity contribution in [1.29, 1.82) is 0 Å². The summed E-state index contributed by atoms with van der Waals surface area (Å²) in [6, 6.07) is 6.41. The average Bonchev–Trinajstić information content (AvgIpc) is 2.75. The van der Waals surface area contributed by atoms with Crippen LogP contribution >= 0.6 is 0 Å². The first-order valence-corrected chi connectivity index (χ1v) is 10.5. The molecule has 1 saturated heterocycles. The Morgan fingerprint density at radius 2 is 2.10 bits per heavy atom. The topological polar surface area (TPSA) is 88.1 Å². The van der Waals surface area contributed by atoms with E-state index in [1.807, 2.05) is 0 Å². The van der Waals surface area contributed by atoms with Gasteiger partial charge >= 0.3 is 5.97 Å². The zero-order valence-electron chi connectivity index (χ0n) is 17.3. The number of rotatable bonds is 7. The highest BCUT2D eigenvalue weighted by atomic mass is 19.1. The van der Waals surface area contributed by atoms with E-state index < -0.39 is 5.41 Å². The summed E-state index contributed by atoms with van der Waals surface area (Å²) in [6.07, 6.45) is 3.05. The quantitative estimate of drug-likeness (QED) is 0.691. The Morgan fingerprint density at radius 1 is 1.30 bits per heavy atom. The molecule has 1 aromatic rings. The van der Waals surface area contributed by atoms with Crippen LogP contribution < -0.4 is 5.43 Å². The second-order valence-electron chi connectivity index (χ2n) is 7.90. The summed E-state index contributed by atoms with van der Waals surface area (Å²) >= 11 is 0. The summed E-state index contributed by atoms with van der Waals surface area (Å²) in [5.41, 5.74) is 2.73. The Balaban J connectivity index is 1.71. The molecule has 0 bridgehead atoms. The largest absolute Gasteiger partial charge is 0.466 e. The van der Waals surface area contributed by atoms with E-state index in [0.717, 1.165) is 5.71 Å². The van der Waals surface area contributed by atoms with Crippen molar-refractivity contribution in [2.75, 3.05) is 19.7 Å². The molecular weight excluding hydrogens is 389 g/mol. The number of piperidine rings is 1. The minimum Gasteiger partial charge on any atom is -0.466 e. The lowest BCUT2D eigenvalue weighted by Crippen LogP contribution is -2.51. The van der Waals surface area contributed by atoms with Crippen molar-refractivity contribution in [3.63, 3.8) is 0 Å². The van der Waals surface area contributed by atoms with E-state index in [2.05, 4.69) is 10.5 Å². The number of nitrogens with one attached hydrogen (secondary N) is 1. The third kappa shape index (κ3) is 5.23. The van der Waals surface area contributed by atoms with E-state index in [4.69, 9.17) is 4.74 Å². The first-order valence-electron chi connectivity index (χ1n) is 10.5. The van der Waals surface area contributed by atoms with Gasteiger partial charge in [-0.1, -0.05) is 18.2 Å². The van der Waals surface area contributed by atoms with Gasteiger partial charge in [0, 0.05) is 31.6 Å². The van der Waals surface area contributed by atoms with Crippen molar-refractivity contribution >= 4 is 23.5 Å². The van der Waals surface area contributed by atoms with Gasteiger partial charge < -0.3 is 9.64 Å². The predicted molar refractivity (Wildman–Crippen MR) is 109 cm³/mol. The molecule has 1 fully saturated rings. The molecule has 0 spiro atoms. The number of hydrazone groups is 1. The van der Waals surface area contributed by atoms with Gasteiger partial charge in [0.25, 0.3) is 0 Å². The van der Waals surface area contributed by atoms with Crippen molar-refractivity contribution < 1.29 is 23.5 Å². The van der Waals surface area contributed by atoms with E-state index in [1.54, 1.807) is 30.0 Å². The first-order chi connectivity index (χ1) is 14.4. The van der Waals surface area contributed by atoms with Crippen LogP contribution in [0, 0.1) is 11.2 Å². The van der Waals surface area contributed by atoms with Crippen LogP contribution in [0.3, 0.4) is 0 Å². The number of hydrogen-bond donors (Lipinski definition) is 1. The van der Waals surface area contributed by atoms with Gasteiger partial charge in [0.15, 0.2) is 0 Å². The van der Waals surface area contributed by atoms with E-state index in [0.29, 0.717) is 44.2 Å². The molecule has 0 unspecified atom stereocenters. The van der Waals surface area contributed by atoms with Crippen molar-refractivity contribution in [2.45, 2.75) is 51.9 Å². The summed E-state index contributed by atoms with van der Waals surface area (Å²) in [6.45, 7) is 2.74. The third-order valence-electron chi connectivity index (χ3n) is 5.73. The highest BCUT2D eigenvalue weighted by molar-refractivity contribution is 5.94. The molecule has 1 atom stereocenters. The maximum atomic E-state index is 14.3. The smallest absolute Gasteiger partial charge is 0.314 e. The molecule has 2 heterocycles. The lowest BCUT2D eigenvalue weighted by atomic mass is 9.74. The molecule has 1 N–H and O–H groups in total. The average molecular weight is 417 g/mol. The molecule has 0 aromatic heterocycles. The molecule has 162 valence electrons. The van der Waals surface area contributed by atoms with Crippen LogP contribution in [0.4, 0.5) is 4.39 Å². The predicted octanol–water partition coefficient (Wildman–Crippen LogP) is 2.59. The van der Waals surface area contributed by atoms with Crippen LogP contribution in [0.1, 0.15) is 51.0 Å². The van der Waals surface area contributed by atoms with Gasteiger partial charge in [0.2, 0.25) is 11.8 Å².